The Labute approximate surface area is 77.4 Å². The Balaban J connectivity index is 2.90. The minimum Gasteiger partial charge on any atom is -0.0991 e. The zero-order chi connectivity index (χ0) is 9.07. The monoisotopic (exact) mass is 165 g/mol. The molecule has 0 aromatic carbocycles. The van der Waals surface area contributed by atoms with Crippen LogP contribution in [0.15, 0.2) is 24.8 Å². The normalized spacial score (nSPS) is 10.8. The molecule has 0 fully saturated rings. The van der Waals surface area contributed by atoms with E-state index in [4.69, 9.17) is 0 Å². The number of unbranched alkanes of at least 4 members (excludes halogenated alkanes) is 6. The highest BCUT2D eigenvalue weighted by Gasteiger charge is 1.87. The molecule has 0 heterocycles. The van der Waals surface area contributed by atoms with E-state index < -0.39 is 0 Å². The quantitative estimate of drug-likeness (QED) is 0.372. The van der Waals surface area contributed by atoms with Crippen molar-refractivity contribution in [3.8, 4) is 0 Å². The lowest BCUT2D eigenvalue weighted by molar-refractivity contribution is 0.643. The SMILES string of the molecule is C=CC=CCCCCCC[CH]C. The third-order valence-electron chi connectivity index (χ3n) is 1.89. The summed E-state index contributed by atoms with van der Waals surface area (Å²) >= 11 is 0. The van der Waals surface area contributed by atoms with Crippen LogP contribution in [0.4, 0.5) is 0 Å². The Bertz CT molecular complexity index is 111. The molecule has 0 saturated carbocycles. The maximum atomic E-state index is 3.63. The molecule has 0 aliphatic rings. The highest BCUT2D eigenvalue weighted by atomic mass is 13.9. The summed E-state index contributed by atoms with van der Waals surface area (Å²) in [6.07, 6.45) is 16.2. The van der Waals surface area contributed by atoms with Crippen LogP contribution in [0.3, 0.4) is 0 Å². The maximum absolute atomic E-state index is 3.63. The van der Waals surface area contributed by atoms with Crippen LogP contribution >= 0.6 is 0 Å². The van der Waals surface area contributed by atoms with Crippen LogP contribution in [0, 0.1) is 6.42 Å². The van der Waals surface area contributed by atoms with Gasteiger partial charge in [-0.25, -0.2) is 0 Å². The van der Waals surface area contributed by atoms with Crippen LogP contribution in [-0.4, -0.2) is 0 Å². The Hall–Kier alpha value is -0.520. The van der Waals surface area contributed by atoms with Crippen molar-refractivity contribution < 1.29 is 0 Å². The van der Waals surface area contributed by atoms with Gasteiger partial charge in [0.15, 0.2) is 0 Å². The summed E-state index contributed by atoms with van der Waals surface area (Å²) in [5.74, 6) is 0. The lowest BCUT2D eigenvalue weighted by Crippen LogP contribution is -1.77. The van der Waals surface area contributed by atoms with Gasteiger partial charge in [-0.2, -0.15) is 0 Å². The van der Waals surface area contributed by atoms with Crippen molar-refractivity contribution in [1.29, 1.82) is 0 Å². The van der Waals surface area contributed by atoms with Crippen molar-refractivity contribution in [2.24, 2.45) is 0 Å². The molecule has 69 valence electrons. The predicted molar refractivity (Wildman–Crippen MR) is 57.0 cm³/mol. The highest BCUT2D eigenvalue weighted by Crippen LogP contribution is 2.06. The molecule has 0 bridgehead atoms. The summed E-state index contributed by atoms with van der Waals surface area (Å²) < 4.78 is 0. The molecule has 0 aliphatic carbocycles. The zero-order valence-electron chi connectivity index (χ0n) is 8.26. The van der Waals surface area contributed by atoms with Gasteiger partial charge in [-0.3, -0.25) is 0 Å². The van der Waals surface area contributed by atoms with E-state index in [-0.39, 0.29) is 0 Å². The molecular formula is C12H21. The standard InChI is InChI=1S/C12H21/c1-3-5-7-9-11-12-10-8-6-4-2/h3-5,7H,1,6,8-12H2,2H3. The van der Waals surface area contributed by atoms with E-state index >= 15 is 0 Å². The Morgan fingerprint density at radius 3 is 2.25 bits per heavy atom. The second kappa shape index (κ2) is 10.5. The van der Waals surface area contributed by atoms with Crippen LogP contribution in [0.2, 0.25) is 0 Å². The largest absolute Gasteiger partial charge is 0.0991 e. The minimum atomic E-state index is 1.21. The van der Waals surface area contributed by atoms with Crippen molar-refractivity contribution >= 4 is 0 Å². The van der Waals surface area contributed by atoms with Gasteiger partial charge in [0.25, 0.3) is 0 Å². The molecule has 12 heavy (non-hydrogen) atoms. The first-order valence-corrected chi connectivity index (χ1v) is 4.97. The first-order chi connectivity index (χ1) is 5.91. The smallest absolute Gasteiger partial charge is 0.0348 e. The molecule has 0 aliphatic heterocycles. The first kappa shape index (κ1) is 11.5. The number of allylic oxidation sites excluding steroid dienone is 3. The molecule has 0 amide bonds. The lowest BCUT2D eigenvalue weighted by Gasteiger charge is -1.96. The van der Waals surface area contributed by atoms with Crippen LogP contribution in [-0.2, 0) is 0 Å². The summed E-state index contributed by atoms with van der Waals surface area (Å²) in [5.41, 5.74) is 0. The average Bonchev–Trinajstić information content (AvgIpc) is 2.10. The van der Waals surface area contributed by atoms with Crippen molar-refractivity contribution in [3.63, 3.8) is 0 Å². The molecule has 1 radical (unpaired) electrons. The van der Waals surface area contributed by atoms with Crippen LogP contribution in [0.25, 0.3) is 0 Å². The van der Waals surface area contributed by atoms with Gasteiger partial charge in [0.2, 0.25) is 0 Å². The van der Waals surface area contributed by atoms with E-state index in [2.05, 4.69) is 26.0 Å². The van der Waals surface area contributed by atoms with E-state index in [9.17, 15) is 0 Å². The van der Waals surface area contributed by atoms with Crippen LogP contribution < -0.4 is 0 Å². The topological polar surface area (TPSA) is 0 Å². The maximum Gasteiger partial charge on any atom is -0.0348 e. The fourth-order valence-electron chi connectivity index (χ4n) is 1.16. The van der Waals surface area contributed by atoms with Gasteiger partial charge in [0.05, 0.1) is 0 Å². The second-order valence-corrected chi connectivity index (χ2v) is 3.06. The number of rotatable bonds is 8. The van der Waals surface area contributed by atoms with Gasteiger partial charge in [-0.1, -0.05) is 57.4 Å². The molecule has 0 spiro atoms. The summed E-state index contributed by atoms with van der Waals surface area (Å²) in [6.45, 7) is 5.76. The van der Waals surface area contributed by atoms with Crippen molar-refractivity contribution in [2.75, 3.05) is 0 Å². The molecule has 0 unspecified atom stereocenters. The van der Waals surface area contributed by atoms with Gasteiger partial charge >= 0.3 is 0 Å². The van der Waals surface area contributed by atoms with Gasteiger partial charge in [-0.15, -0.1) is 0 Å². The zero-order valence-corrected chi connectivity index (χ0v) is 8.26. The Morgan fingerprint density at radius 1 is 1.00 bits per heavy atom. The fourth-order valence-corrected chi connectivity index (χ4v) is 1.16. The lowest BCUT2D eigenvalue weighted by atomic mass is 10.1. The predicted octanol–water partition coefficient (Wildman–Crippen LogP) is 4.29. The van der Waals surface area contributed by atoms with Crippen molar-refractivity contribution in [3.05, 3.63) is 31.2 Å². The molecule has 0 rings (SSSR count). The van der Waals surface area contributed by atoms with Crippen LogP contribution in [0.5, 0.6) is 0 Å². The average molecular weight is 165 g/mol. The van der Waals surface area contributed by atoms with E-state index in [1.807, 2.05) is 12.2 Å². The van der Waals surface area contributed by atoms with Crippen molar-refractivity contribution in [2.45, 2.75) is 45.4 Å². The van der Waals surface area contributed by atoms with E-state index in [0.717, 1.165) is 0 Å². The first-order valence-electron chi connectivity index (χ1n) is 4.97. The van der Waals surface area contributed by atoms with E-state index in [0.29, 0.717) is 0 Å². The van der Waals surface area contributed by atoms with Crippen molar-refractivity contribution in [1.82, 2.24) is 0 Å². The molecule has 0 heteroatoms. The van der Waals surface area contributed by atoms with E-state index in [1.54, 1.807) is 0 Å². The second-order valence-electron chi connectivity index (χ2n) is 3.06. The summed E-state index contributed by atoms with van der Waals surface area (Å²) in [6, 6.07) is 0. The van der Waals surface area contributed by atoms with Crippen LogP contribution in [0.1, 0.15) is 45.4 Å². The summed E-state index contributed by atoms with van der Waals surface area (Å²) in [4.78, 5) is 0. The molecule has 0 aromatic rings. The third-order valence-corrected chi connectivity index (χ3v) is 1.89. The Kier molecular flexibility index (Phi) is 10.0. The highest BCUT2D eigenvalue weighted by molar-refractivity contribution is 4.96. The molecule has 0 N–H and O–H groups in total. The summed E-state index contributed by atoms with van der Waals surface area (Å²) in [5, 5.41) is 0. The van der Waals surface area contributed by atoms with Gasteiger partial charge in [-0.05, 0) is 19.3 Å². The number of hydrogen-bond acceptors (Lipinski definition) is 0. The molecule has 0 atom stereocenters. The molecular weight excluding hydrogens is 144 g/mol. The molecule has 0 saturated heterocycles. The fraction of sp³-hybridized carbons (Fsp3) is 0.583. The van der Waals surface area contributed by atoms with E-state index in [1.165, 1.54) is 38.5 Å². The van der Waals surface area contributed by atoms with Gasteiger partial charge in [0, 0.05) is 0 Å². The minimum absolute atomic E-state index is 1.21. The van der Waals surface area contributed by atoms with Gasteiger partial charge < -0.3 is 0 Å². The van der Waals surface area contributed by atoms with Gasteiger partial charge in [0.1, 0.15) is 0 Å². The number of hydrogen-bond donors (Lipinski definition) is 0. The summed E-state index contributed by atoms with van der Waals surface area (Å²) in [7, 11) is 0. The third kappa shape index (κ3) is 9.48. The molecule has 0 aromatic heterocycles. The molecule has 0 nitrogen and oxygen atoms in total. The Morgan fingerprint density at radius 2 is 1.67 bits per heavy atom.